The number of ether oxygens (including phenoxy) is 2. The third kappa shape index (κ3) is 5.89. The van der Waals surface area contributed by atoms with Gasteiger partial charge in [-0.1, -0.05) is 12.1 Å². The second-order valence-electron chi connectivity index (χ2n) is 8.52. The van der Waals surface area contributed by atoms with Crippen LogP contribution >= 0.6 is 0 Å². The highest BCUT2D eigenvalue weighted by atomic mass is 16.5. The minimum absolute atomic E-state index is 0.314. The second-order valence-corrected chi connectivity index (χ2v) is 8.52. The molecule has 0 spiro atoms. The van der Waals surface area contributed by atoms with Crippen LogP contribution in [0.15, 0.2) is 42.5 Å². The van der Waals surface area contributed by atoms with Crippen LogP contribution < -0.4 is 10.1 Å². The molecule has 7 heteroatoms. The number of benzene rings is 2. The Balaban J connectivity index is 1.53. The molecule has 1 saturated heterocycles. The fourth-order valence-corrected chi connectivity index (χ4v) is 4.53. The third-order valence-corrected chi connectivity index (χ3v) is 6.12. The van der Waals surface area contributed by atoms with Crippen molar-refractivity contribution in [2.24, 2.45) is 0 Å². The predicted octanol–water partition coefficient (Wildman–Crippen LogP) is 5.72. The Morgan fingerprint density at radius 2 is 2.06 bits per heavy atom. The fraction of sp³-hybridized carbons (Fsp3) is 0.407. The number of likely N-dealkylation sites (tertiary alicyclic amines) is 1. The molecule has 0 unspecified atom stereocenters. The van der Waals surface area contributed by atoms with Gasteiger partial charge in [0, 0.05) is 46.9 Å². The smallest absolute Gasteiger partial charge is 0.411 e. The zero-order chi connectivity index (χ0) is 23.8. The van der Waals surface area contributed by atoms with Crippen molar-refractivity contribution in [3.8, 4) is 23.1 Å². The van der Waals surface area contributed by atoms with E-state index in [1.54, 1.807) is 6.92 Å². The highest BCUT2D eigenvalue weighted by Gasteiger charge is 2.15. The quantitative estimate of drug-likeness (QED) is 0.377. The van der Waals surface area contributed by atoms with Crippen molar-refractivity contribution < 1.29 is 14.3 Å². The van der Waals surface area contributed by atoms with Gasteiger partial charge in [-0.05, 0) is 75.5 Å². The molecule has 7 nitrogen and oxygen atoms in total. The van der Waals surface area contributed by atoms with Crippen molar-refractivity contribution >= 4 is 22.7 Å². The van der Waals surface area contributed by atoms with Gasteiger partial charge in [0.1, 0.15) is 5.75 Å². The van der Waals surface area contributed by atoms with Crippen LogP contribution in [0.4, 0.5) is 10.5 Å². The SMILES string of the molecule is CCOC(=O)Nc1cccc(-c2[nH]c3cc(OCCCN4CCCC4)ccc3c2CCC#N)c1. The molecular weight excluding hydrogens is 428 g/mol. The van der Waals surface area contributed by atoms with Crippen molar-refractivity contribution in [3.05, 3.63) is 48.0 Å². The van der Waals surface area contributed by atoms with Gasteiger partial charge < -0.3 is 19.4 Å². The van der Waals surface area contributed by atoms with Crippen molar-refractivity contribution in [2.75, 3.05) is 38.2 Å². The van der Waals surface area contributed by atoms with Gasteiger partial charge >= 0.3 is 6.09 Å². The first kappa shape index (κ1) is 23.7. The maximum absolute atomic E-state index is 11.8. The molecule has 1 amide bonds. The standard InChI is InChI=1S/C27H32N4O3/c1-2-33-27(32)29-21-9-5-8-20(18-21)26-24(10-6-13-28)23-12-11-22(19-25(23)30-26)34-17-7-16-31-14-3-4-15-31/h5,8-9,11-12,18-19,30H,2-4,6-7,10,14-17H2,1H3,(H,29,32). The first-order valence-corrected chi connectivity index (χ1v) is 12.1. The van der Waals surface area contributed by atoms with Crippen molar-refractivity contribution in [3.63, 3.8) is 0 Å². The van der Waals surface area contributed by atoms with E-state index in [2.05, 4.69) is 27.3 Å². The van der Waals surface area contributed by atoms with E-state index in [4.69, 9.17) is 9.47 Å². The molecule has 0 bridgehead atoms. The van der Waals surface area contributed by atoms with Crippen LogP contribution in [-0.4, -0.2) is 48.8 Å². The van der Waals surface area contributed by atoms with E-state index < -0.39 is 6.09 Å². The van der Waals surface area contributed by atoms with E-state index in [9.17, 15) is 10.1 Å². The maximum Gasteiger partial charge on any atom is 0.411 e. The molecule has 3 aromatic rings. The summed E-state index contributed by atoms with van der Waals surface area (Å²) in [7, 11) is 0. The summed E-state index contributed by atoms with van der Waals surface area (Å²) < 4.78 is 11.0. The topological polar surface area (TPSA) is 90.4 Å². The monoisotopic (exact) mass is 460 g/mol. The van der Waals surface area contributed by atoms with E-state index in [0.29, 0.717) is 31.7 Å². The van der Waals surface area contributed by atoms with Gasteiger partial charge in [0.05, 0.1) is 19.3 Å². The number of aromatic nitrogens is 1. The number of hydrogen-bond acceptors (Lipinski definition) is 5. The molecule has 0 aliphatic carbocycles. The van der Waals surface area contributed by atoms with E-state index in [0.717, 1.165) is 46.4 Å². The number of carbonyl (C=O) groups excluding carboxylic acids is 1. The molecule has 2 N–H and O–H groups in total. The second kappa shape index (κ2) is 11.6. The van der Waals surface area contributed by atoms with Crippen LogP contribution in [0, 0.1) is 11.3 Å². The minimum atomic E-state index is -0.479. The lowest BCUT2D eigenvalue weighted by atomic mass is 10.0. The lowest BCUT2D eigenvalue weighted by molar-refractivity contribution is 0.168. The number of nitrogens with one attached hydrogen (secondary N) is 2. The lowest BCUT2D eigenvalue weighted by Gasteiger charge is -2.14. The number of anilines is 1. The van der Waals surface area contributed by atoms with E-state index in [1.165, 1.54) is 25.9 Å². The van der Waals surface area contributed by atoms with Gasteiger partial charge in [-0.2, -0.15) is 5.26 Å². The molecule has 1 aliphatic rings. The summed E-state index contributed by atoms with van der Waals surface area (Å²) in [6.07, 6.45) is 4.22. The number of nitrogens with zero attached hydrogens (tertiary/aromatic N) is 2. The van der Waals surface area contributed by atoms with Crippen molar-refractivity contribution in [2.45, 2.75) is 39.0 Å². The summed E-state index contributed by atoms with van der Waals surface area (Å²) in [6, 6.07) is 16.0. The summed E-state index contributed by atoms with van der Waals surface area (Å²) in [5.41, 5.74) is 4.60. The Morgan fingerprint density at radius 1 is 1.21 bits per heavy atom. The number of H-pyrrole nitrogens is 1. The molecule has 1 aromatic heterocycles. The first-order valence-electron chi connectivity index (χ1n) is 12.1. The van der Waals surface area contributed by atoms with Crippen LogP contribution in [0.2, 0.25) is 0 Å². The molecule has 178 valence electrons. The molecular formula is C27H32N4O3. The molecule has 0 radical (unpaired) electrons. The number of fused-ring (bicyclic) bond motifs is 1. The molecule has 2 aromatic carbocycles. The molecule has 1 fully saturated rings. The van der Waals surface area contributed by atoms with Crippen LogP contribution in [-0.2, 0) is 11.2 Å². The lowest BCUT2D eigenvalue weighted by Crippen LogP contribution is -2.21. The van der Waals surface area contributed by atoms with Gasteiger partial charge in [-0.25, -0.2) is 4.79 Å². The normalized spacial score (nSPS) is 13.6. The van der Waals surface area contributed by atoms with E-state index in [1.807, 2.05) is 36.4 Å². The molecule has 0 atom stereocenters. The Hall–Kier alpha value is -3.50. The van der Waals surface area contributed by atoms with Gasteiger partial charge in [-0.15, -0.1) is 0 Å². The number of hydrogen-bond donors (Lipinski definition) is 2. The number of nitriles is 1. The largest absolute Gasteiger partial charge is 0.493 e. The highest BCUT2D eigenvalue weighted by Crippen LogP contribution is 2.34. The molecule has 2 heterocycles. The highest BCUT2D eigenvalue weighted by molar-refractivity contribution is 5.93. The fourth-order valence-electron chi connectivity index (χ4n) is 4.53. The predicted molar refractivity (Wildman–Crippen MR) is 134 cm³/mol. The zero-order valence-corrected chi connectivity index (χ0v) is 19.7. The van der Waals surface area contributed by atoms with Crippen LogP contribution in [0.5, 0.6) is 5.75 Å². The molecule has 1 aliphatic heterocycles. The van der Waals surface area contributed by atoms with Crippen LogP contribution in [0.3, 0.4) is 0 Å². The average Bonchev–Trinajstić information content (AvgIpc) is 3.48. The Labute approximate surface area is 200 Å². The Morgan fingerprint density at radius 3 is 2.85 bits per heavy atom. The van der Waals surface area contributed by atoms with Crippen LogP contribution in [0.1, 0.15) is 38.2 Å². The average molecular weight is 461 g/mol. The zero-order valence-electron chi connectivity index (χ0n) is 19.7. The minimum Gasteiger partial charge on any atom is -0.493 e. The molecule has 0 saturated carbocycles. The summed E-state index contributed by atoms with van der Waals surface area (Å²) in [5, 5.41) is 13.0. The van der Waals surface area contributed by atoms with E-state index in [-0.39, 0.29) is 0 Å². The van der Waals surface area contributed by atoms with Crippen LogP contribution in [0.25, 0.3) is 22.2 Å². The summed E-state index contributed by atoms with van der Waals surface area (Å²) in [6.45, 7) is 6.28. The summed E-state index contributed by atoms with van der Waals surface area (Å²) >= 11 is 0. The Kier molecular flexibility index (Phi) is 8.05. The number of rotatable bonds is 10. The van der Waals surface area contributed by atoms with Gasteiger partial charge in [0.2, 0.25) is 0 Å². The van der Waals surface area contributed by atoms with Gasteiger partial charge in [0.25, 0.3) is 0 Å². The first-order chi connectivity index (χ1) is 16.7. The van der Waals surface area contributed by atoms with Gasteiger partial charge in [0.15, 0.2) is 0 Å². The van der Waals surface area contributed by atoms with E-state index >= 15 is 0 Å². The number of aryl methyl sites for hydroxylation is 1. The number of amides is 1. The third-order valence-electron chi connectivity index (χ3n) is 6.12. The summed E-state index contributed by atoms with van der Waals surface area (Å²) in [5.74, 6) is 0.839. The Bertz CT molecular complexity index is 1160. The summed E-state index contributed by atoms with van der Waals surface area (Å²) in [4.78, 5) is 17.9. The maximum atomic E-state index is 11.8. The number of aromatic amines is 1. The number of carbonyl (C=O) groups is 1. The van der Waals surface area contributed by atoms with Crippen molar-refractivity contribution in [1.29, 1.82) is 5.26 Å². The molecule has 4 rings (SSSR count). The van der Waals surface area contributed by atoms with Gasteiger partial charge in [-0.3, -0.25) is 5.32 Å². The molecule has 34 heavy (non-hydrogen) atoms. The van der Waals surface area contributed by atoms with Crippen molar-refractivity contribution in [1.82, 2.24) is 9.88 Å².